The summed E-state index contributed by atoms with van der Waals surface area (Å²) in [5.74, 6) is 2.95. The first-order valence-corrected chi connectivity index (χ1v) is 5.89. The Morgan fingerprint density at radius 2 is 2.22 bits per heavy atom. The van der Waals surface area contributed by atoms with Gasteiger partial charge in [-0.05, 0) is 25.0 Å². The second-order valence-corrected chi connectivity index (χ2v) is 4.10. The maximum Gasteiger partial charge on any atom is 0.253 e. The zero-order chi connectivity index (χ0) is 12.8. The quantitative estimate of drug-likeness (QED) is 0.621. The largest absolute Gasteiger partial charge is 0.367 e. The Balaban J connectivity index is 1.92. The number of terminal acetylenes is 1. The number of aromatic nitrogens is 1. The van der Waals surface area contributed by atoms with Gasteiger partial charge in [-0.15, -0.1) is 6.42 Å². The van der Waals surface area contributed by atoms with E-state index in [2.05, 4.69) is 33.7 Å². The highest BCUT2D eigenvalue weighted by Crippen LogP contribution is 2.15. The molecule has 0 aromatic carbocycles. The van der Waals surface area contributed by atoms with Crippen molar-refractivity contribution in [3.63, 3.8) is 0 Å². The highest BCUT2D eigenvalue weighted by molar-refractivity contribution is 5.94. The summed E-state index contributed by atoms with van der Waals surface area (Å²) in [6, 6.07) is 3.96. The van der Waals surface area contributed by atoms with Crippen molar-refractivity contribution in [3.8, 4) is 12.3 Å². The van der Waals surface area contributed by atoms with Crippen LogP contribution >= 0.6 is 0 Å². The summed E-state index contributed by atoms with van der Waals surface area (Å²) in [5.41, 5.74) is 0.514. The van der Waals surface area contributed by atoms with Crippen LogP contribution in [0.15, 0.2) is 30.5 Å². The second-order valence-electron chi connectivity index (χ2n) is 4.10. The Labute approximate surface area is 107 Å². The Morgan fingerprint density at radius 1 is 1.44 bits per heavy atom. The zero-order valence-electron chi connectivity index (χ0n) is 10.0. The first-order valence-electron chi connectivity index (χ1n) is 5.89. The van der Waals surface area contributed by atoms with Gasteiger partial charge < -0.3 is 10.6 Å². The van der Waals surface area contributed by atoms with Gasteiger partial charge in [-0.3, -0.25) is 4.79 Å². The standard InChI is InChI=1S/C14H15N3O/c1-2-9-15-14(18)11-7-8-13(16-10-11)17-12-5-3-4-6-12/h1,3-4,7-8,10,12H,5-6,9H2,(H,15,18)(H,16,17). The Morgan fingerprint density at radius 3 is 2.83 bits per heavy atom. The van der Waals surface area contributed by atoms with Crippen LogP contribution in [-0.2, 0) is 0 Å². The molecule has 0 aliphatic heterocycles. The smallest absolute Gasteiger partial charge is 0.253 e. The van der Waals surface area contributed by atoms with Crippen LogP contribution in [0.4, 0.5) is 5.82 Å². The number of carbonyl (C=O) groups is 1. The van der Waals surface area contributed by atoms with Gasteiger partial charge in [-0.2, -0.15) is 0 Å². The fraction of sp³-hybridized carbons (Fsp3) is 0.286. The lowest BCUT2D eigenvalue weighted by molar-refractivity contribution is 0.0958. The molecule has 2 N–H and O–H groups in total. The first-order chi connectivity index (χ1) is 8.79. The fourth-order valence-corrected chi connectivity index (χ4v) is 1.79. The molecular weight excluding hydrogens is 226 g/mol. The monoisotopic (exact) mass is 241 g/mol. The molecule has 0 fully saturated rings. The molecule has 1 aromatic heterocycles. The average Bonchev–Trinajstić information content (AvgIpc) is 2.89. The van der Waals surface area contributed by atoms with Crippen LogP contribution in [0, 0.1) is 12.3 Å². The van der Waals surface area contributed by atoms with E-state index in [4.69, 9.17) is 6.42 Å². The summed E-state index contributed by atoms with van der Waals surface area (Å²) in [7, 11) is 0. The highest BCUT2D eigenvalue weighted by atomic mass is 16.1. The number of amides is 1. The van der Waals surface area contributed by atoms with Crippen molar-refractivity contribution in [3.05, 3.63) is 36.0 Å². The zero-order valence-corrected chi connectivity index (χ0v) is 10.0. The van der Waals surface area contributed by atoms with Crippen molar-refractivity contribution in [2.75, 3.05) is 11.9 Å². The van der Waals surface area contributed by atoms with E-state index in [1.807, 2.05) is 6.07 Å². The third-order valence-corrected chi connectivity index (χ3v) is 2.74. The Hall–Kier alpha value is -2.28. The van der Waals surface area contributed by atoms with Crippen molar-refractivity contribution in [2.45, 2.75) is 18.9 Å². The van der Waals surface area contributed by atoms with Crippen molar-refractivity contribution in [2.24, 2.45) is 0 Å². The van der Waals surface area contributed by atoms with Gasteiger partial charge in [0.2, 0.25) is 0 Å². The van der Waals surface area contributed by atoms with E-state index in [1.165, 1.54) is 0 Å². The van der Waals surface area contributed by atoms with E-state index in [9.17, 15) is 4.79 Å². The fourth-order valence-electron chi connectivity index (χ4n) is 1.79. The summed E-state index contributed by atoms with van der Waals surface area (Å²) in [6.07, 6.45) is 13.0. The molecule has 1 amide bonds. The van der Waals surface area contributed by atoms with E-state index >= 15 is 0 Å². The van der Waals surface area contributed by atoms with Crippen LogP contribution in [-0.4, -0.2) is 23.5 Å². The van der Waals surface area contributed by atoms with E-state index in [0.29, 0.717) is 11.6 Å². The average molecular weight is 241 g/mol. The van der Waals surface area contributed by atoms with Gasteiger partial charge in [0.25, 0.3) is 5.91 Å². The number of hydrogen-bond donors (Lipinski definition) is 2. The van der Waals surface area contributed by atoms with Crippen LogP contribution in [0.5, 0.6) is 0 Å². The molecule has 0 radical (unpaired) electrons. The molecule has 18 heavy (non-hydrogen) atoms. The van der Waals surface area contributed by atoms with E-state index < -0.39 is 0 Å². The van der Waals surface area contributed by atoms with Crippen LogP contribution in [0.1, 0.15) is 23.2 Å². The molecular formula is C14H15N3O. The summed E-state index contributed by atoms with van der Waals surface area (Å²) >= 11 is 0. The highest BCUT2D eigenvalue weighted by Gasteiger charge is 2.10. The molecule has 4 heteroatoms. The molecule has 4 nitrogen and oxygen atoms in total. The van der Waals surface area contributed by atoms with Gasteiger partial charge >= 0.3 is 0 Å². The molecule has 92 valence electrons. The maximum atomic E-state index is 11.6. The van der Waals surface area contributed by atoms with Gasteiger partial charge in [0, 0.05) is 12.2 Å². The second kappa shape index (κ2) is 5.87. The molecule has 0 atom stereocenters. The number of pyridine rings is 1. The predicted molar refractivity (Wildman–Crippen MR) is 71.2 cm³/mol. The molecule has 0 unspecified atom stereocenters. The van der Waals surface area contributed by atoms with Gasteiger partial charge in [-0.25, -0.2) is 4.98 Å². The van der Waals surface area contributed by atoms with Crippen molar-refractivity contribution < 1.29 is 4.79 Å². The number of carbonyl (C=O) groups excluding carboxylic acids is 1. The lowest BCUT2D eigenvalue weighted by Crippen LogP contribution is -2.23. The molecule has 0 saturated carbocycles. The summed E-state index contributed by atoms with van der Waals surface area (Å²) < 4.78 is 0. The van der Waals surface area contributed by atoms with Gasteiger partial charge in [0.05, 0.1) is 12.1 Å². The molecule has 0 spiro atoms. The summed E-state index contributed by atoms with van der Waals surface area (Å²) in [6.45, 7) is 0.229. The van der Waals surface area contributed by atoms with Gasteiger partial charge in [-0.1, -0.05) is 18.1 Å². The molecule has 0 bridgehead atoms. The van der Waals surface area contributed by atoms with Crippen LogP contribution < -0.4 is 10.6 Å². The molecule has 1 aliphatic rings. The minimum absolute atomic E-state index is 0.200. The number of hydrogen-bond acceptors (Lipinski definition) is 3. The number of anilines is 1. The van der Waals surface area contributed by atoms with E-state index in [1.54, 1.807) is 12.3 Å². The predicted octanol–water partition coefficient (Wildman–Crippen LogP) is 1.58. The minimum Gasteiger partial charge on any atom is -0.367 e. The van der Waals surface area contributed by atoms with Gasteiger partial charge in [0.15, 0.2) is 0 Å². The van der Waals surface area contributed by atoms with Crippen LogP contribution in [0.3, 0.4) is 0 Å². The van der Waals surface area contributed by atoms with Crippen molar-refractivity contribution >= 4 is 11.7 Å². The lowest BCUT2D eigenvalue weighted by Gasteiger charge is -2.12. The maximum absolute atomic E-state index is 11.6. The molecule has 1 heterocycles. The van der Waals surface area contributed by atoms with Crippen LogP contribution in [0.25, 0.3) is 0 Å². The SMILES string of the molecule is C#CCNC(=O)c1ccc(NC2CC=CC2)nc1. The Bertz CT molecular complexity index is 477. The summed E-state index contributed by atoms with van der Waals surface area (Å²) in [4.78, 5) is 15.8. The third kappa shape index (κ3) is 3.11. The number of nitrogens with one attached hydrogen (secondary N) is 2. The third-order valence-electron chi connectivity index (χ3n) is 2.74. The van der Waals surface area contributed by atoms with Gasteiger partial charge in [0.1, 0.15) is 5.82 Å². The molecule has 0 saturated heterocycles. The molecule has 2 rings (SSSR count). The normalized spacial score (nSPS) is 14.2. The Kier molecular flexibility index (Phi) is 3.98. The van der Waals surface area contributed by atoms with Crippen LogP contribution in [0.2, 0.25) is 0 Å². The number of rotatable bonds is 4. The first kappa shape index (κ1) is 12.2. The lowest BCUT2D eigenvalue weighted by atomic mass is 10.2. The van der Waals surface area contributed by atoms with Crippen molar-refractivity contribution in [1.82, 2.24) is 10.3 Å². The van der Waals surface area contributed by atoms with E-state index in [-0.39, 0.29) is 12.5 Å². The molecule has 1 aromatic rings. The van der Waals surface area contributed by atoms with E-state index in [0.717, 1.165) is 18.7 Å². The topological polar surface area (TPSA) is 54.0 Å². The minimum atomic E-state index is -0.200. The molecule has 1 aliphatic carbocycles. The summed E-state index contributed by atoms with van der Waals surface area (Å²) in [5, 5.41) is 5.91. The number of nitrogens with zero attached hydrogens (tertiary/aromatic N) is 1. The van der Waals surface area contributed by atoms with Crippen molar-refractivity contribution in [1.29, 1.82) is 0 Å².